The molecule has 0 radical (unpaired) electrons. The monoisotopic (exact) mass is 375 g/mol. The van der Waals surface area contributed by atoms with E-state index in [9.17, 15) is 4.79 Å². The number of fused-ring (bicyclic) bond motifs is 1. The Morgan fingerprint density at radius 3 is 2.26 bits per heavy atom. The second-order valence-electron chi connectivity index (χ2n) is 7.78. The predicted molar refractivity (Wildman–Crippen MR) is 111 cm³/mol. The summed E-state index contributed by atoms with van der Waals surface area (Å²) in [6.45, 7) is 8.59. The van der Waals surface area contributed by atoms with Crippen molar-refractivity contribution in [1.82, 2.24) is 14.6 Å². The Bertz CT molecular complexity index is 1210. The summed E-state index contributed by atoms with van der Waals surface area (Å²) in [5, 5.41) is 4.43. The van der Waals surface area contributed by atoms with Gasteiger partial charge >= 0.3 is 0 Å². The van der Waals surface area contributed by atoms with E-state index in [2.05, 4.69) is 43.0 Å². The molecule has 0 amide bonds. The van der Waals surface area contributed by atoms with Gasteiger partial charge in [0, 0.05) is 5.56 Å². The predicted octanol–water partition coefficient (Wildman–Crippen LogP) is 3.97. The van der Waals surface area contributed by atoms with Crippen LogP contribution in [0.4, 0.5) is 0 Å². The molecule has 0 aliphatic rings. The molecule has 0 N–H and O–H groups in total. The largest absolute Gasteiger partial charge is 0.291 e. The molecule has 5 heteroatoms. The lowest BCUT2D eigenvalue weighted by Crippen LogP contribution is -2.23. The first-order valence-electron chi connectivity index (χ1n) is 8.90. The Labute approximate surface area is 161 Å². The summed E-state index contributed by atoms with van der Waals surface area (Å²) >= 11 is 1.37. The lowest BCUT2D eigenvalue weighted by Gasteiger charge is -2.18. The van der Waals surface area contributed by atoms with Crippen LogP contribution in [0.2, 0.25) is 0 Å². The molecule has 0 spiro atoms. The summed E-state index contributed by atoms with van der Waals surface area (Å²) < 4.78 is 2.04. The van der Waals surface area contributed by atoms with Gasteiger partial charge in [0.25, 0.3) is 5.56 Å². The molecule has 4 rings (SSSR count). The molecule has 0 saturated heterocycles. The van der Waals surface area contributed by atoms with Gasteiger partial charge in [-0.15, -0.1) is 5.10 Å². The summed E-state index contributed by atoms with van der Waals surface area (Å²) in [5.74, 6) is 0.584. The van der Waals surface area contributed by atoms with Crippen LogP contribution >= 0.6 is 11.3 Å². The van der Waals surface area contributed by atoms with Gasteiger partial charge in [0.15, 0.2) is 5.82 Å². The smallest absolute Gasteiger partial charge is 0.266 e. The minimum absolute atomic E-state index is 0.101. The van der Waals surface area contributed by atoms with Gasteiger partial charge in [-0.3, -0.25) is 4.79 Å². The lowest BCUT2D eigenvalue weighted by molar-refractivity contribution is 0.590. The summed E-state index contributed by atoms with van der Waals surface area (Å²) in [5.41, 5.74) is 4.35. The van der Waals surface area contributed by atoms with E-state index in [1.54, 1.807) is 0 Å². The Morgan fingerprint density at radius 1 is 1.00 bits per heavy atom. The molecule has 136 valence electrons. The maximum Gasteiger partial charge on any atom is 0.291 e. The van der Waals surface area contributed by atoms with Crippen molar-refractivity contribution in [3.63, 3.8) is 0 Å². The second kappa shape index (κ2) is 6.43. The molecule has 0 aliphatic carbocycles. The SMILES string of the molecule is Cc1ccc(C=c2sc3nc(-c4ccc(C(C)(C)C)cc4)nn3c2=O)cc1. The minimum atomic E-state index is -0.124. The van der Waals surface area contributed by atoms with Gasteiger partial charge in [-0.05, 0) is 29.5 Å². The molecule has 2 heterocycles. The molecular weight excluding hydrogens is 354 g/mol. The van der Waals surface area contributed by atoms with E-state index in [1.165, 1.54) is 27.0 Å². The molecule has 0 atom stereocenters. The molecule has 0 aliphatic heterocycles. The highest BCUT2D eigenvalue weighted by atomic mass is 32.1. The van der Waals surface area contributed by atoms with Crippen LogP contribution in [0, 0.1) is 6.92 Å². The minimum Gasteiger partial charge on any atom is -0.266 e. The molecule has 0 unspecified atom stereocenters. The van der Waals surface area contributed by atoms with Crippen molar-refractivity contribution in [1.29, 1.82) is 0 Å². The van der Waals surface area contributed by atoms with Crippen molar-refractivity contribution in [2.75, 3.05) is 0 Å². The summed E-state index contributed by atoms with van der Waals surface area (Å²) in [6, 6.07) is 16.3. The van der Waals surface area contributed by atoms with E-state index in [-0.39, 0.29) is 11.0 Å². The van der Waals surface area contributed by atoms with Crippen LogP contribution in [0.25, 0.3) is 22.4 Å². The van der Waals surface area contributed by atoms with Crippen molar-refractivity contribution >= 4 is 22.4 Å². The maximum atomic E-state index is 12.7. The van der Waals surface area contributed by atoms with Crippen LogP contribution < -0.4 is 10.1 Å². The van der Waals surface area contributed by atoms with Gasteiger partial charge in [0.2, 0.25) is 4.96 Å². The van der Waals surface area contributed by atoms with Gasteiger partial charge in [-0.2, -0.15) is 9.50 Å². The van der Waals surface area contributed by atoms with Crippen LogP contribution in [0.5, 0.6) is 0 Å². The molecular formula is C22H21N3OS. The van der Waals surface area contributed by atoms with Gasteiger partial charge in [-0.25, -0.2) is 0 Å². The second-order valence-corrected chi connectivity index (χ2v) is 8.79. The zero-order valence-electron chi connectivity index (χ0n) is 15.9. The summed E-state index contributed by atoms with van der Waals surface area (Å²) in [4.78, 5) is 17.9. The normalized spacial score (nSPS) is 12.8. The highest BCUT2D eigenvalue weighted by Gasteiger charge is 2.15. The van der Waals surface area contributed by atoms with Crippen LogP contribution in [-0.4, -0.2) is 14.6 Å². The number of hydrogen-bond acceptors (Lipinski definition) is 4. The van der Waals surface area contributed by atoms with E-state index in [4.69, 9.17) is 0 Å². The molecule has 2 aromatic carbocycles. The van der Waals surface area contributed by atoms with Crippen molar-refractivity contribution in [3.8, 4) is 11.4 Å². The van der Waals surface area contributed by atoms with Crippen LogP contribution in [0.3, 0.4) is 0 Å². The van der Waals surface area contributed by atoms with Gasteiger partial charge in [-0.1, -0.05) is 86.2 Å². The number of thiazole rings is 1. The summed E-state index contributed by atoms with van der Waals surface area (Å²) in [7, 11) is 0. The lowest BCUT2D eigenvalue weighted by atomic mass is 9.87. The molecule has 0 bridgehead atoms. The fourth-order valence-corrected chi connectivity index (χ4v) is 3.80. The highest BCUT2D eigenvalue weighted by Crippen LogP contribution is 2.25. The van der Waals surface area contributed by atoms with Crippen molar-refractivity contribution in [2.24, 2.45) is 0 Å². The molecule has 2 aromatic heterocycles. The third-order valence-electron chi connectivity index (χ3n) is 4.57. The van der Waals surface area contributed by atoms with E-state index in [1.807, 2.05) is 49.4 Å². The average molecular weight is 375 g/mol. The fourth-order valence-electron chi connectivity index (χ4n) is 2.89. The molecule has 4 aromatic rings. The number of rotatable bonds is 2. The maximum absolute atomic E-state index is 12.7. The van der Waals surface area contributed by atoms with E-state index >= 15 is 0 Å². The van der Waals surface area contributed by atoms with Gasteiger partial charge in [0.05, 0.1) is 4.53 Å². The van der Waals surface area contributed by atoms with Crippen LogP contribution in [0.15, 0.2) is 53.3 Å². The number of nitrogens with zero attached hydrogens (tertiary/aromatic N) is 3. The van der Waals surface area contributed by atoms with Gasteiger partial charge < -0.3 is 0 Å². The van der Waals surface area contributed by atoms with E-state index in [0.717, 1.165) is 11.1 Å². The first-order chi connectivity index (χ1) is 12.8. The highest BCUT2D eigenvalue weighted by molar-refractivity contribution is 7.15. The van der Waals surface area contributed by atoms with Crippen LogP contribution in [0.1, 0.15) is 37.5 Å². The van der Waals surface area contributed by atoms with Crippen molar-refractivity contribution < 1.29 is 0 Å². The first-order valence-corrected chi connectivity index (χ1v) is 9.72. The zero-order valence-corrected chi connectivity index (χ0v) is 16.7. The first kappa shape index (κ1) is 17.6. The standard InChI is InChI=1S/C22H21N3OS/c1-14-5-7-15(8-6-14)13-18-20(26)25-21(27-18)23-19(24-25)16-9-11-17(12-10-16)22(2,3)4/h5-13H,1-4H3. The van der Waals surface area contributed by atoms with E-state index in [0.29, 0.717) is 15.3 Å². The molecule has 27 heavy (non-hydrogen) atoms. The average Bonchev–Trinajstić information content (AvgIpc) is 3.16. The molecule has 0 saturated carbocycles. The van der Waals surface area contributed by atoms with E-state index < -0.39 is 0 Å². The Hall–Kier alpha value is -2.79. The summed E-state index contributed by atoms with van der Waals surface area (Å²) in [6.07, 6.45) is 1.89. The number of aryl methyl sites for hydroxylation is 1. The van der Waals surface area contributed by atoms with Gasteiger partial charge in [0.1, 0.15) is 0 Å². The topological polar surface area (TPSA) is 47.3 Å². The third kappa shape index (κ3) is 3.43. The number of hydrogen-bond donors (Lipinski definition) is 0. The fraction of sp³-hybridized carbons (Fsp3) is 0.227. The number of benzene rings is 2. The Morgan fingerprint density at radius 2 is 1.67 bits per heavy atom. The molecule has 0 fully saturated rings. The van der Waals surface area contributed by atoms with Crippen LogP contribution in [-0.2, 0) is 5.41 Å². The van der Waals surface area contributed by atoms with Crippen molar-refractivity contribution in [2.45, 2.75) is 33.1 Å². The van der Waals surface area contributed by atoms with Crippen molar-refractivity contribution in [3.05, 3.63) is 80.1 Å². The third-order valence-corrected chi connectivity index (χ3v) is 5.53. The molecule has 4 nitrogen and oxygen atoms in total. The number of aromatic nitrogens is 3. The Kier molecular flexibility index (Phi) is 4.19. The quantitative estimate of drug-likeness (QED) is 0.533. The Balaban J connectivity index is 1.72. The zero-order chi connectivity index (χ0) is 19.2.